The Labute approximate surface area is 77.4 Å². The number of halogens is 4. The molecule has 0 saturated heterocycles. The zero-order valence-corrected chi connectivity index (χ0v) is 7.36. The Morgan fingerprint density at radius 2 is 1.57 bits per heavy atom. The Hall–Kier alpha value is -1.11. The first-order chi connectivity index (χ1) is 6.23. The molecular weight excluding hydrogens is 224 g/mol. The zero-order chi connectivity index (χ0) is 11.0. The fraction of sp³-hybridized carbons (Fsp3) is 0.143. The Morgan fingerprint density at radius 3 is 1.93 bits per heavy atom. The standard InChI is InChI=1S/C7H4F4O2S/c8-7(9,10)5-3-1-2-4-6(5)14(11,12)13/h1-4H. The number of hydrogen-bond acceptors (Lipinski definition) is 2. The minimum absolute atomic E-state index is 0.506. The molecule has 0 aromatic heterocycles. The van der Waals surface area contributed by atoms with Crippen LogP contribution >= 0.6 is 0 Å². The van der Waals surface area contributed by atoms with Crippen molar-refractivity contribution in [2.24, 2.45) is 0 Å². The number of hydrogen-bond donors (Lipinski definition) is 0. The molecule has 7 heteroatoms. The summed E-state index contributed by atoms with van der Waals surface area (Å²) in [6.45, 7) is 0. The highest BCUT2D eigenvalue weighted by Crippen LogP contribution is 2.34. The minimum Gasteiger partial charge on any atom is -0.189 e. The van der Waals surface area contributed by atoms with E-state index in [-0.39, 0.29) is 0 Å². The molecule has 0 bridgehead atoms. The van der Waals surface area contributed by atoms with Crippen LogP contribution in [0, 0.1) is 0 Å². The first-order valence-electron chi connectivity index (χ1n) is 3.34. The summed E-state index contributed by atoms with van der Waals surface area (Å²) in [6, 6.07) is 3.07. The average Bonchev–Trinajstić information content (AvgIpc) is 2.01. The third-order valence-corrected chi connectivity index (χ3v) is 2.34. The van der Waals surface area contributed by atoms with Gasteiger partial charge < -0.3 is 0 Å². The quantitative estimate of drug-likeness (QED) is 0.546. The molecule has 0 radical (unpaired) electrons. The molecule has 1 aromatic carbocycles. The van der Waals surface area contributed by atoms with Gasteiger partial charge in [-0.2, -0.15) is 21.6 Å². The van der Waals surface area contributed by atoms with Crippen molar-refractivity contribution in [2.75, 3.05) is 0 Å². The lowest BCUT2D eigenvalue weighted by Gasteiger charge is -2.08. The van der Waals surface area contributed by atoms with Crippen molar-refractivity contribution in [1.82, 2.24) is 0 Å². The van der Waals surface area contributed by atoms with Crippen molar-refractivity contribution in [3.63, 3.8) is 0 Å². The van der Waals surface area contributed by atoms with E-state index in [0.29, 0.717) is 12.1 Å². The summed E-state index contributed by atoms with van der Waals surface area (Å²) < 4.78 is 69.5. The normalized spacial score (nSPS) is 12.9. The van der Waals surface area contributed by atoms with Crippen LogP contribution in [0.2, 0.25) is 0 Å². The van der Waals surface area contributed by atoms with Gasteiger partial charge in [-0.05, 0) is 12.1 Å². The molecule has 0 amide bonds. The third-order valence-electron chi connectivity index (χ3n) is 1.46. The highest BCUT2D eigenvalue weighted by atomic mass is 32.3. The maximum atomic E-state index is 12.4. The SMILES string of the molecule is O=S(=O)(F)c1ccccc1C(F)(F)F. The van der Waals surface area contributed by atoms with Crippen LogP contribution in [0.15, 0.2) is 29.2 Å². The Kier molecular flexibility index (Phi) is 2.53. The molecule has 0 aliphatic carbocycles. The number of alkyl halides is 3. The third kappa shape index (κ3) is 2.22. The van der Waals surface area contributed by atoms with Crippen LogP contribution in [0.25, 0.3) is 0 Å². The van der Waals surface area contributed by atoms with Crippen LogP contribution in [0.3, 0.4) is 0 Å². The lowest BCUT2D eigenvalue weighted by molar-refractivity contribution is -0.139. The highest BCUT2D eigenvalue weighted by Gasteiger charge is 2.36. The van der Waals surface area contributed by atoms with Crippen molar-refractivity contribution < 1.29 is 25.5 Å². The Morgan fingerprint density at radius 1 is 1.07 bits per heavy atom. The predicted octanol–water partition coefficient (Wildman–Crippen LogP) is 2.36. The van der Waals surface area contributed by atoms with E-state index in [0.717, 1.165) is 12.1 Å². The molecule has 0 atom stereocenters. The average molecular weight is 228 g/mol. The molecular formula is C7H4F4O2S. The molecule has 0 spiro atoms. The van der Waals surface area contributed by atoms with Crippen molar-refractivity contribution >= 4 is 10.2 Å². The lowest BCUT2D eigenvalue weighted by atomic mass is 10.2. The smallest absolute Gasteiger partial charge is 0.189 e. The summed E-state index contributed by atoms with van der Waals surface area (Å²) in [5.74, 6) is 0. The molecule has 0 saturated carbocycles. The molecule has 0 fully saturated rings. The van der Waals surface area contributed by atoms with Gasteiger partial charge in [-0.25, -0.2) is 0 Å². The molecule has 1 aromatic rings. The molecule has 0 unspecified atom stereocenters. The van der Waals surface area contributed by atoms with Gasteiger partial charge in [0.1, 0.15) is 4.90 Å². The summed E-state index contributed by atoms with van der Waals surface area (Å²) in [7, 11) is -5.34. The Bertz CT molecular complexity index is 435. The Balaban J connectivity index is 3.47. The molecule has 2 nitrogen and oxygen atoms in total. The molecule has 14 heavy (non-hydrogen) atoms. The van der Waals surface area contributed by atoms with Gasteiger partial charge in [-0.15, -0.1) is 3.89 Å². The second-order valence-electron chi connectivity index (χ2n) is 2.43. The number of benzene rings is 1. The van der Waals surface area contributed by atoms with Gasteiger partial charge in [0.15, 0.2) is 0 Å². The van der Waals surface area contributed by atoms with Gasteiger partial charge in [-0.1, -0.05) is 12.1 Å². The number of rotatable bonds is 1. The molecule has 0 aliphatic rings. The van der Waals surface area contributed by atoms with E-state index in [1.54, 1.807) is 0 Å². The van der Waals surface area contributed by atoms with Crippen LogP contribution in [-0.2, 0) is 16.4 Å². The summed E-state index contributed by atoms with van der Waals surface area (Å²) in [6.07, 6.45) is -4.88. The second-order valence-corrected chi connectivity index (χ2v) is 3.75. The van der Waals surface area contributed by atoms with E-state index in [9.17, 15) is 25.5 Å². The molecule has 0 heterocycles. The topological polar surface area (TPSA) is 34.1 Å². The molecule has 78 valence electrons. The zero-order valence-electron chi connectivity index (χ0n) is 6.55. The maximum absolute atomic E-state index is 12.4. The van der Waals surface area contributed by atoms with Crippen molar-refractivity contribution in [1.29, 1.82) is 0 Å². The fourth-order valence-electron chi connectivity index (χ4n) is 0.913. The first kappa shape index (κ1) is 11.0. The first-order valence-corrected chi connectivity index (χ1v) is 4.72. The molecule has 0 N–H and O–H groups in total. The predicted molar refractivity (Wildman–Crippen MR) is 39.7 cm³/mol. The van der Waals surface area contributed by atoms with E-state index in [1.165, 1.54) is 0 Å². The van der Waals surface area contributed by atoms with Crippen molar-refractivity contribution in [2.45, 2.75) is 11.1 Å². The highest BCUT2D eigenvalue weighted by molar-refractivity contribution is 7.86. The van der Waals surface area contributed by atoms with Gasteiger partial charge >= 0.3 is 16.4 Å². The van der Waals surface area contributed by atoms with Gasteiger partial charge in [-0.3, -0.25) is 0 Å². The summed E-state index contributed by atoms with van der Waals surface area (Å²) in [5.41, 5.74) is -1.50. The van der Waals surface area contributed by atoms with E-state index in [4.69, 9.17) is 0 Å². The van der Waals surface area contributed by atoms with Crippen LogP contribution in [0.1, 0.15) is 5.56 Å². The fourth-order valence-corrected chi connectivity index (χ4v) is 1.60. The van der Waals surface area contributed by atoms with Gasteiger partial charge in [0.05, 0.1) is 5.56 Å². The summed E-state index contributed by atoms with van der Waals surface area (Å²) >= 11 is 0. The minimum atomic E-state index is -5.34. The summed E-state index contributed by atoms with van der Waals surface area (Å²) in [5, 5.41) is 0. The van der Waals surface area contributed by atoms with Crippen molar-refractivity contribution in [3.05, 3.63) is 29.8 Å². The lowest BCUT2D eigenvalue weighted by Crippen LogP contribution is -2.10. The van der Waals surface area contributed by atoms with Crippen LogP contribution in [-0.4, -0.2) is 8.42 Å². The van der Waals surface area contributed by atoms with Crippen LogP contribution in [0.4, 0.5) is 17.1 Å². The van der Waals surface area contributed by atoms with E-state index >= 15 is 0 Å². The monoisotopic (exact) mass is 228 g/mol. The van der Waals surface area contributed by atoms with Crippen LogP contribution in [0.5, 0.6) is 0 Å². The van der Waals surface area contributed by atoms with Gasteiger partial charge in [0, 0.05) is 0 Å². The van der Waals surface area contributed by atoms with Crippen LogP contribution < -0.4 is 0 Å². The van der Waals surface area contributed by atoms with Gasteiger partial charge in [0.2, 0.25) is 0 Å². The second kappa shape index (κ2) is 3.23. The largest absolute Gasteiger partial charge is 0.417 e. The van der Waals surface area contributed by atoms with E-state index in [2.05, 4.69) is 0 Å². The van der Waals surface area contributed by atoms with Crippen molar-refractivity contribution in [3.8, 4) is 0 Å². The van der Waals surface area contributed by atoms with E-state index in [1.807, 2.05) is 0 Å². The van der Waals surface area contributed by atoms with E-state index < -0.39 is 26.9 Å². The molecule has 0 aliphatic heterocycles. The van der Waals surface area contributed by atoms with Gasteiger partial charge in [0.25, 0.3) is 0 Å². The molecule has 1 rings (SSSR count). The maximum Gasteiger partial charge on any atom is 0.417 e. The summed E-state index contributed by atoms with van der Waals surface area (Å²) in [4.78, 5) is -1.35.